The molecular formula is C11H16N4OS. The summed E-state index contributed by atoms with van der Waals surface area (Å²) >= 11 is 1.64. The second-order valence-corrected chi connectivity index (χ2v) is 5.11. The van der Waals surface area contributed by atoms with Gasteiger partial charge in [-0.05, 0) is 12.1 Å². The summed E-state index contributed by atoms with van der Waals surface area (Å²) in [6.07, 6.45) is -0.278. The zero-order chi connectivity index (χ0) is 12.3. The van der Waals surface area contributed by atoms with Gasteiger partial charge in [0.05, 0.1) is 17.6 Å². The lowest BCUT2D eigenvalue weighted by atomic mass is 10.2. The van der Waals surface area contributed by atoms with E-state index in [0.717, 1.165) is 4.90 Å². The van der Waals surface area contributed by atoms with Crippen LogP contribution in [0, 0.1) is 0 Å². The number of carbonyl (C=O) groups is 1. The van der Waals surface area contributed by atoms with Crippen LogP contribution in [0.15, 0.2) is 35.2 Å². The zero-order valence-electron chi connectivity index (χ0n) is 9.51. The third-order valence-electron chi connectivity index (χ3n) is 2.48. The van der Waals surface area contributed by atoms with Gasteiger partial charge in [-0.2, -0.15) is 0 Å². The second kappa shape index (κ2) is 5.50. The topological polar surface area (TPSA) is 79.2 Å². The normalized spacial score (nSPS) is 28.0. The summed E-state index contributed by atoms with van der Waals surface area (Å²) in [5.41, 5.74) is 11.9. The Kier molecular flexibility index (Phi) is 4.01. The van der Waals surface area contributed by atoms with Gasteiger partial charge >= 0.3 is 0 Å². The van der Waals surface area contributed by atoms with E-state index in [1.807, 2.05) is 30.3 Å². The fraction of sp³-hybridized carbons (Fsp3) is 0.364. The van der Waals surface area contributed by atoms with Crippen molar-refractivity contribution in [2.45, 2.75) is 29.4 Å². The van der Waals surface area contributed by atoms with Crippen molar-refractivity contribution in [3.8, 4) is 0 Å². The maximum Gasteiger partial charge on any atom is 0.217 e. The Bertz CT molecular complexity index is 386. The Labute approximate surface area is 104 Å². The molecule has 0 bridgehead atoms. The Morgan fingerprint density at radius 3 is 2.71 bits per heavy atom. The van der Waals surface area contributed by atoms with Crippen LogP contribution in [0.2, 0.25) is 0 Å². The summed E-state index contributed by atoms with van der Waals surface area (Å²) in [6, 6.07) is 9.87. The van der Waals surface area contributed by atoms with Crippen LogP contribution < -0.4 is 21.9 Å². The van der Waals surface area contributed by atoms with Crippen molar-refractivity contribution in [2.75, 3.05) is 0 Å². The van der Waals surface area contributed by atoms with Crippen LogP contribution in [-0.4, -0.2) is 23.5 Å². The van der Waals surface area contributed by atoms with E-state index in [1.165, 1.54) is 6.92 Å². The van der Waals surface area contributed by atoms with Crippen LogP contribution in [0.5, 0.6) is 0 Å². The first-order chi connectivity index (χ1) is 8.16. The van der Waals surface area contributed by atoms with Crippen LogP contribution >= 0.6 is 11.8 Å². The van der Waals surface area contributed by atoms with E-state index in [4.69, 9.17) is 5.73 Å². The van der Waals surface area contributed by atoms with Crippen molar-refractivity contribution >= 4 is 17.7 Å². The number of amides is 1. The van der Waals surface area contributed by atoms with Gasteiger partial charge in [-0.25, -0.2) is 10.9 Å². The first kappa shape index (κ1) is 12.4. The minimum absolute atomic E-state index is 0.0244. The van der Waals surface area contributed by atoms with Gasteiger partial charge in [0.2, 0.25) is 5.91 Å². The Morgan fingerprint density at radius 2 is 2.06 bits per heavy atom. The number of benzene rings is 1. The van der Waals surface area contributed by atoms with E-state index in [-0.39, 0.29) is 23.5 Å². The highest BCUT2D eigenvalue weighted by Gasteiger charge is 2.34. The summed E-state index contributed by atoms with van der Waals surface area (Å²) in [4.78, 5) is 12.2. The molecule has 1 saturated heterocycles. The van der Waals surface area contributed by atoms with Crippen molar-refractivity contribution < 1.29 is 4.79 Å². The van der Waals surface area contributed by atoms with Gasteiger partial charge in [-0.3, -0.25) is 4.79 Å². The number of thioether (sulfide) groups is 1. The van der Waals surface area contributed by atoms with Gasteiger partial charge < -0.3 is 11.1 Å². The SMILES string of the molecule is CC(=O)NC1C(N)NNC1Sc1ccccc1. The van der Waals surface area contributed by atoms with Crippen molar-refractivity contribution in [1.82, 2.24) is 16.2 Å². The third kappa shape index (κ3) is 3.19. The van der Waals surface area contributed by atoms with Crippen LogP contribution in [-0.2, 0) is 4.79 Å². The molecule has 1 heterocycles. The molecule has 0 aliphatic carbocycles. The molecule has 0 aromatic heterocycles. The molecule has 1 aromatic carbocycles. The van der Waals surface area contributed by atoms with E-state index in [9.17, 15) is 4.79 Å². The Hall–Kier alpha value is -1.08. The second-order valence-electron chi connectivity index (χ2n) is 3.89. The smallest absolute Gasteiger partial charge is 0.217 e. The van der Waals surface area contributed by atoms with E-state index < -0.39 is 0 Å². The molecule has 2 rings (SSSR count). The maximum absolute atomic E-state index is 11.1. The molecule has 0 spiro atoms. The zero-order valence-corrected chi connectivity index (χ0v) is 10.3. The average Bonchev–Trinajstić information content (AvgIpc) is 2.62. The van der Waals surface area contributed by atoms with E-state index >= 15 is 0 Å². The summed E-state index contributed by atoms with van der Waals surface area (Å²) in [6.45, 7) is 1.50. The molecule has 1 fully saturated rings. The molecule has 1 aliphatic heterocycles. The highest BCUT2D eigenvalue weighted by molar-refractivity contribution is 8.00. The lowest BCUT2D eigenvalue weighted by Gasteiger charge is -2.20. The van der Waals surface area contributed by atoms with Gasteiger partial charge in [0, 0.05) is 11.8 Å². The van der Waals surface area contributed by atoms with Gasteiger partial charge in [-0.1, -0.05) is 18.2 Å². The number of hydrazine groups is 1. The monoisotopic (exact) mass is 252 g/mol. The molecule has 1 amide bonds. The highest BCUT2D eigenvalue weighted by Crippen LogP contribution is 2.25. The largest absolute Gasteiger partial charge is 0.348 e. The predicted molar refractivity (Wildman–Crippen MR) is 67.9 cm³/mol. The summed E-state index contributed by atoms with van der Waals surface area (Å²) in [5, 5.41) is 2.88. The quantitative estimate of drug-likeness (QED) is 0.609. The maximum atomic E-state index is 11.1. The number of rotatable bonds is 3. The van der Waals surface area contributed by atoms with Crippen LogP contribution in [0.1, 0.15) is 6.92 Å². The van der Waals surface area contributed by atoms with Crippen molar-refractivity contribution in [1.29, 1.82) is 0 Å². The van der Waals surface area contributed by atoms with Crippen LogP contribution in [0.3, 0.4) is 0 Å². The van der Waals surface area contributed by atoms with Gasteiger partial charge in [0.25, 0.3) is 0 Å². The van der Waals surface area contributed by atoms with E-state index in [1.54, 1.807) is 11.8 Å². The van der Waals surface area contributed by atoms with Crippen molar-refractivity contribution in [3.63, 3.8) is 0 Å². The molecule has 17 heavy (non-hydrogen) atoms. The molecule has 3 unspecified atom stereocenters. The number of hydrogen-bond donors (Lipinski definition) is 4. The molecular weight excluding hydrogens is 236 g/mol. The first-order valence-electron chi connectivity index (χ1n) is 5.42. The molecule has 92 valence electrons. The van der Waals surface area contributed by atoms with Crippen molar-refractivity contribution in [2.24, 2.45) is 5.73 Å². The Balaban J connectivity index is 2.02. The van der Waals surface area contributed by atoms with Crippen LogP contribution in [0.25, 0.3) is 0 Å². The average molecular weight is 252 g/mol. The molecule has 1 aliphatic rings. The standard InChI is InChI=1S/C11H16N4OS/c1-7(16)13-9-10(12)14-15-11(9)17-8-5-3-2-4-6-8/h2-6,9-11,14-15H,12H2,1H3,(H,13,16). The summed E-state index contributed by atoms with van der Waals surface area (Å²) in [7, 11) is 0. The van der Waals surface area contributed by atoms with Gasteiger partial charge in [0.15, 0.2) is 0 Å². The van der Waals surface area contributed by atoms with E-state index in [2.05, 4.69) is 16.2 Å². The van der Waals surface area contributed by atoms with Crippen LogP contribution in [0.4, 0.5) is 0 Å². The van der Waals surface area contributed by atoms with Crippen molar-refractivity contribution in [3.05, 3.63) is 30.3 Å². The van der Waals surface area contributed by atoms with E-state index in [0.29, 0.717) is 0 Å². The number of nitrogens with one attached hydrogen (secondary N) is 3. The minimum Gasteiger partial charge on any atom is -0.348 e. The number of hydrogen-bond acceptors (Lipinski definition) is 5. The molecule has 0 saturated carbocycles. The summed E-state index contributed by atoms with van der Waals surface area (Å²) < 4.78 is 0. The number of carbonyl (C=O) groups excluding carboxylic acids is 1. The Morgan fingerprint density at radius 1 is 1.35 bits per heavy atom. The molecule has 1 aromatic rings. The molecule has 3 atom stereocenters. The van der Waals surface area contributed by atoms with Gasteiger partial charge in [0.1, 0.15) is 0 Å². The third-order valence-corrected chi connectivity index (χ3v) is 3.69. The lowest BCUT2D eigenvalue weighted by Crippen LogP contribution is -2.50. The minimum atomic E-state index is -0.278. The first-order valence-corrected chi connectivity index (χ1v) is 6.30. The molecule has 5 N–H and O–H groups in total. The lowest BCUT2D eigenvalue weighted by molar-refractivity contribution is -0.119. The molecule has 6 heteroatoms. The number of nitrogens with two attached hydrogens (primary N) is 1. The van der Waals surface area contributed by atoms with Gasteiger partial charge in [-0.15, -0.1) is 11.8 Å². The molecule has 5 nitrogen and oxygen atoms in total. The predicted octanol–water partition coefficient (Wildman–Crippen LogP) is 0.00210. The molecule has 0 radical (unpaired) electrons. The highest BCUT2D eigenvalue weighted by atomic mass is 32.2. The fourth-order valence-electron chi connectivity index (χ4n) is 1.69. The fourth-order valence-corrected chi connectivity index (χ4v) is 2.81. The summed E-state index contributed by atoms with van der Waals surface area (Å²) in [5.74, 6) is -0.0744.